The number of hydrogen-bond acceptors (Lipinski definition) is 12. The average Bonchev–Trinajstić information content (AvgIpc) is 2.88. The van der Waals surface area contributed by atoms with Crippen LogP contribution in [0.3, 0.4) is 0 Å². The Morgan fingerprint density at radius 1 is 0.947 bits per heavy atom. The number of aliphatic hydroxyl groups excluding tert-OH is 6. The van der Waals surface area contributed by atoms with Crippen molar-refractivity contribution < 1.29 is 59.1 Å². The molecule has 0 aromatic carbocycles. The van der Waals surface area contributed by atoms with Crippen LogP contribution in [0.5, 0.6) is 0 Å². The van der Waals surface area contributed by atoms with Crippen LogP contribution in [0.4, 0.5) is 0 Å². The Kier molecular flexibility index (Phi) is 14.9. The van der Waals surface area contributed by atoms with Crippen molar-refractivity contribution in [3.63, 3.8) is 0 Å². The standard InChI is InChI=1S/C25H47NO12/c1-4-5-6-7-8-9-10-35-24-18(26-15(3)28)23(20(31)17(37-24)13-34-12-16(29)11-27)38-25-22(33)21(32)19(30)14(2)36-25/h14,16-25,27,29-33H,4-13H2,1-3H3,(H,26,28)/t14-,16-,17+,18+,19+,20+,21+,22-,23+,24-,25-/m0/s1. The van der Waals surface area contributed by atoms with Crippen LogP contribution in [-0.2, 0) is 28.5 Å². The summed E-state index contributed by atoms with van der Waals surface area (Å²) in [4.78, 5) is 12.1. The summed E-state index contributed by atoms with van der Waals surface area (Å²) in [6.07, 6.45) is -6.49. The zero-order valence-corrected chi connectivity index (χ0v) is 22.6. The van der Waals surface area contributed by atoms with Crippen molar-refractivity contribution in [3.8, 4) is 0 Å². The highest BCUT2D eigenvalue weighted by molar-refractivity contribution is 5.73. The van der Waals surface area contributed by atoms with Gasteiger partial charge in [-0.2, -0.15) is 0 Å². The molecule has 11 atom stereocenters. The Labute approximate surface area is 224 Å². The molecule has 38 heavy (non-hydrogen) atoms. The van der Waals surface area contributed by atoms with Crippen molar-refractivity contribution in [2.24, 2.45) is 0 Å². The number of nitrogens with one attached hydrogen (secondary N) is 1. The molecule has 2 rings (SSSR count). The molecule has 0 unspecified atom stereocenters. The fraction of sp³-hybridized carbons (Fsp3) is 0.960. The van der Waals surface area contributed by atoms with Gasteiger partial charge in [0.2, 0.25) is 5.91 Å². The fourth-order valence-corrected chi connectivity index (χ4v) is 4.48. The molecule has 13 nitrogen and oxygen atoms in total. The average molecular weight is 554 g/mol. The smallest absolute Gasteiger partial charge is 0.217 e. The first kappa shape index (κ1) is 33.2. The van der Waals surface area contributed by atoms with E-state index in [1.54, 1.807) is 0 Å². The summed E-state index contributed by atoms with van der Waals surface area (Å²) in [5.74, 6) is -0.442. The molecule has 0 bridgehead atoms. The highest BCUT2D eigenvalue weighted by atomic mass is 16.7. The van der Waals surface area contributed by atoms with Crippen molar-refractivity contribution in [2.45, 2.75) is 127 Å². The van der Waals surface area contributed by atoms with E-state index in [0.29, 0.717) is 6.61 Å². The van der Waals surface area contributed by atoms with Gasteiger partial charge in [-0.25, -0.2) is 0 Å². The lowest BCUT2D eigenvalue weighted by atomic mass is 9.95. The van der Waals surface area contributed by atoms with E-state index < -0.39 is 80.0 Å². The van der Waals surface area contributed by atoms with E-state index in [9.17, 15) is 30.3 Å². The molecule has 2 aliphatic rings. The minimum atomic E-state index is -1.63. The molecule has 2 heterocycles. The summed E-state index contributed by atoms with van der Waals surface area (Å²) >= 11 is 0. The van der Waals surface area contributed by atoms with E-state index in [0.717, 1.165) is 32.1 Å². The molecular weight excluding hydrogens is 506 g/mol. The molecule has 0 aromatic rings. The van der Waals surface area contributed by atoms with Crippen LogP contribution in [-0.4, -0.2) is 130 Å². The molecule has 0 saturated carbocycles. The molecule has 0 aliphatic carbocycles. The lowest BCUT2D eigenvalue weighted by Gasteiger charge is -2.47. The molecule has 2 fully saturated rings. The number of carbonyl (C=O) groups excluding carboxylic acids is 1. The zero-order chi connectivity index (χ0) is 28.2. The third-order valence-corrected chi connectivity index (χ3v) is 6.73. The zero-order valence-electron chi connectivity index (χ0n) is 22.6. The largest absolute Gasteiger partial charge is 0.394 e. The van der Waals surface area contributed by atoms with Gasteiger partial charge in [-0.1, -0.05) is 39.0 Å². The summed E-state index contributed by atoms with van der Waals surface area (Å²) in [6.45, 7) is 4.33. The lowest BCUT2D eigenvalue weighted by molar-refractivity contribution is -0.341. The predicted molar refractivity (Wildman–Crippen MR) is 133 cm³/mol. The normalized spacial score (nSPS) is 36.7. The molecule has 0 aromatic heterocycles. The molecular formula is C25H47NO12. The van der Waals surface area contributed by atoms with Gasteiger partial charge in [0, 0.05) is 13.5 Å². The van der Waals surface area contributed by atoms with Crippen LogP contribution in [0.1, 0.15) is 59.3 Å². The Balaban J connectivity index is 2.17. The van der Waals surface area contributed by atoms with E-state index in [1.165, 1.54) is 20.3 Å². The molecule has 0 radical (unpaired) electrons. The van der Waals surface area contributed by atoms with Gasteiger partial charge in [0.1, 0.15) is 48.8 Å². The number of aliphatic hydroxyl groups is 6. The van der Waals surface area contributed by atoms with Crippen molar-refractivity contribution in [1.82, 2.24) is 5.32 Å². The number of amides is 1. The van der Waals surface area contributed by atoms with Crippen LogP contribution >= 0.6 is 0 Å². The SMILES string of the molecule is CCCCCCCCO[C@H]1O[C@H](COC[C@@H](O)CO)[C@@H](O)[C@H](O[C@@H]2O[C@@H](C)[C@@H](O)[C@@H](O)[C@@H]2O)[C@H]1NC(C)=O. The fourth-order valence-electron chi connectivity index (χ4n) is 4.48. The van der Waals surface area contributed by atoms with Crippen molar-refractivity contribution >= 4 is 5.91 Å². The number of ether oxygens (including phenoxy) is 5. The van der Waals surface area contributed by atoms with Gasteiger partial charge < -0.3 is 59.6 Å². The number of hydrogen-bond donors (Lipinski definition) is 7. The molecule has 2 saturated heterocycles. The maximum Gasteiger partial charge on any atom is 0.217 e. The topological polar surface area (TPSA) is 197 Å². The first-order valence-electron chi connectivity index (χ1n) is 13.5. The van der Waals surface area contributed by atoms with Gasteiger partial charge in [-0.05, 0) is 13.3 Å². The first-order valence-corrected chi connectivity index (χ1v) is 13.5. The van der Waals surface area contributed by atoms with Crippen molar-refractivity contribution in [2.75, 3.05) is 26.4 Å². The second kappa shape index (κ2) is 17.0. The minimum Gasteiger partial charge on any atom is -0.394 e. The van der Waals surface area contributed by atoms with Crippen molar-refractivity contribution in [1.29, 1.82) is 0 Å². The summed E-state index contributed by atoms with van der Waals surface area (Å²) in [7, 11) is 0. The quantitative estimate of drug-likeness (QED) is 0.110. The maximum atomic E-state index is 12.1. The Morgan fingerprint density at radius 3 is 2.29 bits per heavy atom. The second-order valence-corrected chi connectivity index (χ2v) is 10.1. The monoisotopic (exact) mass is 553 g/mol. The summed E-state index contributed by atoms with van der Waals surface area (Å²) in [5, 5.41) is 63.1. The number of unbranched alkanes of at least 4 members (excludes halogenated alkanes) is 5. The van der Waals surface area contributed by atoms with E-state index in [4.69, 9.17) is 28.8 Å². The van der Waals surface area contributed by atoms with E-state index in [1.807, 2.05) is 0 Å². The molecule has 2 aliphatic heterocycles. The molecule has 7 N–H and O–H groups in total. The molecule has 1 amide bonds. The van der Waals surface area contributed by atoms with Gasteiger partial charge in [-0.3, -0.25) is 4.79 Å². The Bertz CT molecular complexity index is 672. The lowest BCUT2D eigenvalue weighted by Crippen LogP contribution is -2.67. The third-order valence-electron chi connectivity index (χ3n) is 6.73. The minimum absolute atomic E-state index is 0.201. The maximum absolute atomic E-state index is 12.1. The van der Waals surface area contributed by atoms with Gasteiger partial charge in [0.05, 0.1) is 25.9 Å². The highest BCUT2D eigenvalue weighted by Gasteiger charge is 2.51. The van der Waals surface area contributed by atoms with Crippen LogP contribution in [0.25, 0.3) is 0 Å². The number of rotatable bonds is 16. The highest BCUT2D eigenvalue weighted by Crippen LogP contribution is 2.30. The van der Waals surface area contributed by atoms with Crippen LogP contribution in [0.2, 0.25) is 0 Å². The molecule has 224 valence electrons. The summed E-state index contributed by atoms with van der Waals surface area (Å²) in [6, 6.07) is -1.02. The summed E-state index contributed by atoms with van der Waals surface area (Å²) in [5.41, 5.74) is 0. The predicted octanol–water partition coefficient (Wildman–Crippen LogP) is -1.46. The third kappa shape index (κ3) is 9.89. The second-order valence-electron chi connectivity index (χ2n) is 10.1. The molecule has 0 spiro atoms. The van der Waals surface area contributed by atoms with Crippen LogP contribution in [0, 0.1) is 0 Å². The van der Waals surface area contributed by atoms with Gasteiger partial charge in [0.15, 0.2) is 12.6 Å². The first-order chi connectivity index (χ1) is 18.1. The Morgan fingerprint density at radius 2 is 1.63 bits per heavy atom. The van der Waals surface area contributed by atoms with E-state index in [2.05, 4.69) is 12.2 Å². The molecule has 13 heteroatoms. The summed E-state index contributed by atoms with van der Waals surface area (Å²) < 4.78 is 28.8. The van der Waals surface area contributed by atoms with Crippen LogP contribution < -0.4 is 5.32 Å². The van der Waals surface area contributed by atoms with E-state index >= 15 is 0 Å². The van der Waals surface area contributed by atoms with E-state index in [-0.39, 0.29) is 13.2 Å². The van der Waals surface area contributed by atoms with Gasteiger partial charge in [0.25, 0.3) is 0 Å². The van der Waals surface area contributed by atoms with Crippen LogP contribution in [0.15, 0.2) is 0 Å². The van der Waals surface area contributed by atoms with Gasteiger partial charge >= 0.3 is 0 Å². The number of carbonyl (C=O) groups is 1. The van der Waals surface area contributed by atoms with Crippen molar-refractivity contribution in [3.05, 3.63) is 0 Å². The van der Waals surface area contributed by atoms with Gasteiger partial charge in [-0.15, -0.1) is 0 Å². The Hall–Kier alpha value is -0.970.